The maximum atomic E-state index is 9.79. The molecule has 3 heteroatoms. The zero-order valence-corrected chi connectivity index (χ0v) is 8.93. The molecule has 1 rings (SSSR count). The van der Waals surface area contributed by atoms with Crippen LogP contribution in [0.1, 0.15) is 37.9 Å². The van der Waals surface area contributed by atoms with Gasteiger partial charge >= 0.3 is 0 Å². The highest BCUT2D eigenvalue weighted by Crippen LogP contribution is 2.27. The molecule has 0 aromatic heterocycles. The first-order valence-electron chi connectivity index (χ1n) is 5.30. The van der Waals surface area contributed by atoms with Gasteiger partial charge in [0.1, 0.15) is 11.9 Å². The van der Waals surface area contributed by atoms with E-state index in [-0.39, 0.29) is 5.75 Å². The van der Waals surface area contributed by atoms with Crippen molar-refractivity contribution in [3.05, 3.63) is 29.8 Å². The maximum Gasteiger partial charge on any atom is 0.121 e. The summed E-state index contributed by atoms with van der Waals surface area (Å²) in [6.07, 6.45) is 0.582. The number of aromatic hydroxyl groups is 1. The highest BCUT2D eigenvalue weighted by molar-refractivity contribution is 5.34. The molecule has 0 fully saturated rings. The van der Waals surface area contributed by atoms with Crippen molar-refractivity contribution >= 4 is 0 Å². The van der Waals surface area contributed by atoms with Crippen LogP contribution in [0, 0.1) is 0 Å². The van der Waals surface area contributed by atoms with Gasteiger partial charge in [0, 0.05) is 5.56 Å². The van der Waals surface area contributed by atoms with E-state index in [0.29, 0.717) is 12.0 Å². The lowest BCUT2D eigenvalue weighted by atomic mass is 9.99. The third kappa shape index (κ3) is 3.22. The Morgan fingerprint density at radius 2 is 1.87 bits per heavy atom. The van der Waals surface area contributed by atoms with Gasteiger partial charge in [-0.3, -0.25) is 0 Å². The number of hydrogen-bond acceptors (Lipinski definition) is 3. The van der Waals surface area contributed by atoms with Crippen molar-refractivity contribution in [2.24, 2.45) is 0 Å². The topological polar surface area (TPSA) is 60.7 Å². The molecule has 15 heavy (non-hydrogen) atoms. The SMILES string of the molecule is CCCC[C@@H](O)[C@H](O)c1ccccc1O. The normalized spacial score (nSPS) is 14.9. The number of unbranched alkanes of at least 4 members (excludes halogenated alkanes) is 1. The molecular formula is C12H18O3. The Labute approximate surface area is 90.0 Å². The maximum absolute atomic E-state index is 9.79. The van der Waals surface area contributed by atoms with Gasteiger partial charge in [-0.1, -0.05) is 38.0 Å². The summed E-state index contributed by atoms with van der Waals surface area (Å²) in [5.41, 5.74) is 0.390. The monoisotopic (exact) mass is 210 g/mol. The lowest BCUT2D eigenvalue weighted by Crippen LogP contribution is -2.18. The molecule has 0 spiro atoms. The summed E-state index contributed by atoms with van der Waals surface area (Å²) in [6, 6.07) is 6.54. The van der Waals surface area contributed by atoms with Crippen LogP contribution in [-0.4, -0.2) is 21.4 Å². The van der Waals surface area contributed by atoms with Crippen LogP contribution in [0.15, 0.2) is 24.3 Å². The summed E-state index contributed by atoms with van der Waals surface area (Å²) in [5.74, 6) is 0.0283. The summed E-state index contributed by atoms with van der Waals surface area (Å²) in [7, 11) is 0. The molecule has 0 bridgehead atoms. The average molecular weight is 210 g/mol. The Morgan fingerprint density at radius 1 is 1.20 bits per heavy atom. The molecule has 0 saturated heterocycles. The second-order valence-corrected chi connectivity index (χ2v) is 3.71. The van der Waals surface area contributed by atoms with E-state index in [9.17, 15) is 15.3 Å². The zero-order chi connectivity index (χ0) is 11.3. The molecular weight excluding hydrogens is 192 g/mol. The Hall–Kier alpha value is -1.06. The van der Waals surface area contributed by atoms with Crippen LogP contribution < -0.4 is 0 Å². The fourth-order valence-electron chi connectivity index (χ4n) is 1.52. The van der Waals surface area contributed by atoms with Gasteiger partial charge in [-0.15, -0.1) is 0 Å². The molecule has 0 aliphatic heterocycles. The first-order chi connectivity index (χ1) is 7.16. The number of aliphatic hydroxyl groups is 2. The van der Waals surface area contributed by atoms with Crippen LogP contribution in [0.3, 0.4) is 0 Å². The molecule has 0 unspecified atom stereocenters. The van der Waals surface area contributed by atoms with Crippen molar-refractivity contribution in [1.29, 1.82) is 0 Å². The van der Waals surface area contributed by atoms with Gasteiger partial charge in [-0.2, -0.15) is 0 Å². The van der Waals surface area contributed by atoms with Gasteiger partial charge in [0.15, 0.2) is 0 Å². The van der Waals surface area contributed by atoms with Crippen molar-refractivity contribution in [3.8, 4) is 5.75 Å². The van der Waals surface area contributed by atoms with Crippen LogP contribution in [0.5, 0.6) is 5.75 Å². The number of para-hydroxylation sites is 1. The summed E-state index contributed by atoms with van der Waals surface area (Å²) in [6.45, 7) is 2.03. The molecule has 0 aliphatic carbocycles. The fraction of sp³-hybridized carbons (Fsp3) is 0.500. The van der Waals surface area contributed by atoms with Crippen molar-refractivity contribution in [2.75, 3.05) is 0 Å². The van der Waals surface area contributed by atoms with Gasteiger partial charge in [0.25, 0.3) is 0 Å². The standard InChI is InChI=1S/C12H18O3/c1-2-3-7-11(14)12(15)9-6-4-5-8-10(9)13/h4-6,8,11-15H,2-3,7H2,1H3/t11-,12-/m1/s1. The zero-order valence-electron chi connectivity index (χ0n) is 8.93. The van der Waals surface area contributed by atoms with Crippen LogP contribution in [0.25, 0.3) is 0 Å². The number of benzene rings is 1. The summed E-state index contributed by atoms with van der Waals surface area (Å²) < 4.78 is 0. The third-order valence-electron chi connectivity index (χ3n) is 2.47. The van der Waals surface area contributed by atoms with Crippen LogP contribution >= 0.6 is 0 Å². The summed E-state index contributed by atoms with van der Waals surface area (Å²) in [5, 5.41) is 28.9. The molecule has 3 nitrogen and oxygen atoms in total. The number of hydrogen-bond donors (Lipinski definition) is 3. The average Bonchev–Trinajstić information content (AvgIpc) is 2.25. The minimum Gasteiger partial charge on any atom is -0.508 e. The smallest absolute Gasteiger partial charge is 0.121 e. The molecule has 3 N–H and O–H groups in total. The van der Waals surface area contributed by atoms with Gasteiger partial charge in [0.05, 0.1) is 6.10 Å². The Bertz CT molecular complexity index is 299. The third-order valence-corrected chi connectivity index (χ3v) is 2.47. The van der Waals surface area contributed by atoms with Crippen LogP contribution in [-0.2, 0) is 0 Å². The van der Waals surface area contributed by atoms with E-state index in [1.165, 1.54) is 6.07 Å². The number of phenolic OH excluding ortho intramolecular Hbond substituents is 1. The molecule has 0 radical (unpaired) electrons. The Kier molecular flexibility index (Phi) is 4.59. The number of phenols is 1. The van der Waals surface area contributed by atoms with Crippen molar-refractivity contribution in [1.82, 2.24) is 0 Å². The van der Waals surface area contributed by atoms with Crippen molar-refractivity contribution in [2.45, 2.75) is 38.4 Å². The Morgan fingerprint density at radius 3 is 2.47 bits per heavy atom. The summed E-state index contributed by atoms with van der Waals surface area (Å²) >= 11 is 0. The van der Waals surface area contributed by atoms with E-state index in [2.05, 4.69) is 0 Å². The Balaban J connectivity index is 2.67. The minimum absolute atomic E-state index is 0.0283. The molecule has 1 aromatic rings. The van der Waals surface area contributed by atoms with E-state index in [4.69, 9.17) is 0 Å². The fourth-order valence-corrected chi connectivity index (χ4v) is 1.52. The van der Waals surface area contributed by atoms with Crippen molar-refractivity contribution < 1.29 is 15.3 Å². The molecule has 0 saturated carbocycles. The second kappa shape index (κ2) is 5.73. The first kappa shape index (κ1) is 12.0. The quantitative estimate of drug-likeness (QED) is 0.696. The van der Waals surface area contributed by atoms with Gasteiger partial charge in [0.2, 0.25) is 0 Å². The largest absolute Gasteiger partial charge is 0.508 e. The number of rotatable bonds is 5. The molecule has 2 atom stereocenters. The highest BCUT2D eigenvalue weighted by Gasteiger charge is 2.19. The van der Waals surface area contributed by atoms with Gasteiger partial charge in [-0.05, 0) is 12.5 Å². The van der Waals surface area contributed by atoms with E-state index >= 15 is 0 Å². The highest BCUT2D eigenvalue weighted by atomic mass is 16.3. The van der Waals surface area contributed by atoms with E-state index < -0.39 is 12.2 Å². The predicted molar refractivity (Wildman–Crippen MR) is 58.6 cm³/mol. The second-order valence-electron chi connectivity index (χ2n) is 3.71. The molecule has 0 amide bonds. The van der Waals surface area contributed by atoms with Gasteiger partial charge in [-0.25, -0.2) is 0 Å². The molecule has 0 aliphatic rings. The minimum atomic E-state index is -1.00. The van der Waals surface area contributed by atoms with Gasteiger partial charge < -0.3 is 15.3 Å². The van der Waals surface area contributed by atoms with Crippen LogP contribution in [0.2, 0.25) is 0 Å². The molecule has 84 valence electrons. The predicted octanol–water partition coefficient (Wildman–Crippen LogP) is 1.98. The van der Waals surface area contributed by atoms with E-state index in [1.54, 1.807) is 18.2 Å². The molecule has 0 heterocycles. The summed E-state index contributed by atoms with van der Waals surface area (Å²) in [4.78, 5) is 0. The van der Waals surface area contributed by atoms with Crippen molar-refractivity contribution in [3.63, 3.8) is 0 Å². The lowest BCUT2D eigenvalue weighted by Gasteiger charge is -2.18. The van der Waals surface area contributed by atoms with Crippen LogP contribution in [0.4, 0.5) is 0 Å². The van der Waals surface area contributed by atoms with E-state index in [0.717, 1.165) is 12.8 Å². The lowest BCUT2D eigenvalue weighted by molar-refractivity contribution is 0.0110. The number of aliphatic hydroxyl groups excluding tert-OH is 2. The molecule has 1 aromatic carbocycles. The first-order valence-corrected chi connectivity index (χ1v) is 5.30. The van der Waals surface area contributed by atoms with E-state index in [1.807, 2.05) is 6.92 Å².